The van der Waals surface area contributed by atoms with Crippen molar-refractivity contribution in [1.82, 2.24) is 29.9 Å². The zero-order valence-electron chi connectivity index (χ0n) is 16.3. The molecule has 1 aromatic carbocycles. The summed E-state index contributed by atoms with van der Waals surface area (Å²) in [6.07, 6.45) is 1.65. The highest BCUT2D eigenvalue weighted by molar-refractivity contribution is 5.94. The molecule has 1 amide bonds. The summed E-state index contributed by atoms with van der Waals surface area (Å²) in [5, 5.41) is 24.9. The highest BCUT2D eigenvalue weighted by atomic mass is 16.3. The normalized spacial score (nSPS) is 18.7. The number of aliphatic hydroxyl groups is 1. The Morgan fingerprint density at radius 1 is 1.21 bits per heavy atom. The molecule has 0 aliphatic heterocycles. The van der Waals surface area contributed by atoms with Gasteiger partial charge in [0.1, 0.15) is 12.4 Å². The fraction of sp³-hybridized carbons (Fsp3) is 0.400. The van der Waals surface area contributed by atoms with Crippen LogP contribution in [-0.4, -0.2) is 41.6 Å². The van der Waals surface area contributed by atoms with Gasteiger partial charge in [-0.25, -0.2) is 4.68 Å². The molecule has 2 heterocycles. The number of aromatic nitrogens is 5. The molecule has 146 valence electrons. The summed E-state index contributed by atoms with van der Waals surface area (Å²) in [6.45, 7) is 3.85. The van der Waals surface area contributed by atoms with Crippen LogP contribution >= 0.6 is 0 Å². The number of aliphatic hydroxyl groups excluding tert-OH is 1. The number of carbonyl (C=O) groups is 1. The van der Waals surface area contributed by atoms with Gasteiger partial charge in [-0.1, -0.05) is 0 Å². The molecule has 0 saturated heterocycles. The Hall–Kier alpha value is -3.00. The van der Waals surface area contributed by atoms with E-state index in [0.717, 1.165) is 35.7 Å². The Balaban J connectivity index is 1.36. The second kappa shape index (κ2) is 7.20. The van der Waals surface area contributed by atoms with Crippen LogP contribution in [0, 0.1) is 13.8 Å². The first-order chi connectivity index (χ1) is 13.5. The molecular formula is C20H24N6O2. The van der Waals surface area contributed by atoms with E-state index in [1.165, 1.54) is 0 Å². The first-order valence-corrected chi connectivity index (χ1v) is 9.40. The fourth-order valence-corrected chi connectivity index (χ4v) is 3.73. The molecule has 0 atom stereocenters. The van der Waals surface area contributed by atoms with Gasteiger partial charge in [0.05, 0.1) is 11.4 Å². The van der Waals surface area contributed by atoms with Crippen LogP contribution in [0.25, 0.3) is 5.69 Å². The molecule has 1 aliphatic rings. The molecule has 0 spiro atoms. The summed E-state index contributed by atoms with van der Waals surface area (Å²) in [5.41, 5.74) is 3.60. The Kier molecular flexibility index (Phi) is 4.72. The largest absolute Gasteiger partial charge is 0.388 e. The topological polar surface area (TPSA) is 97.9 Å². The average molecular weight is 380 g/mol. The van der Waals surface area contributed by atoms with Crippen molar-refractivity contribution in [2.75, 3.05) is 0 Å². The van der Waals surface area contributed by atoms with Crippen LogP contribution in [-0.2, 0) is 13.7 Å². The van der Waals surface area contributed by atoms with Gasteiger partial charge in [0, 0.05) is 30.3 Å². The van der Waals surface area contributed by atoms with Gasteiger partial charge in [-0.05, 0) is 57.0 Å². The Bertz CT molecular complexity index is 998. The minimum absolute atomic E-state index is 0.0719. The number of hydrogen-bond acceptors (Lipinski definition) is 5. The minimum atomic E-state index is -0.121. The quantitative estimate of drug-likeness (QED) is 0.703. The summed E-state index contributed by atoms with van der Waals surface area (Å²) in [7, 11) is 1.86. The lowest BCUT2D eigenvalue weighted by atomic mass is 9.79. The molecule has 8 heteroatoms. The van der Waals surface area contributed by atoms with E-state index in [9.17, 15) is 9.90 Å². The predicted molar refractivity (Wildman–Crippen MR) is 103 cm³/mol. The lowest BCUT2D eigenvalue weighted by molar-refractivity contribution is 0.0907. The molecule has 28 heavy (non-hydrogen) atoms. The van der Waals surface area contributed by atoms with Crippen molar-refractivity contribution < 1.29 is 9.90 Å². The first-order valence-electron chi connectivity index (χ1n) is 9.40. The summed E-state index contributed by atoms with van der Waals surface area (Å²) in [6, 6.07) is 9.62. The van der Waals surface area contributed by atoms with Gasteiger partial charge < -0.3 is 15.0 Å². The highest BCUT2D eigenvalue weighted by Gasteiger charge is 2.34. The van der Waals surface area contributed by atoms with E-state index < -0.39 is 0 Å². The summed E-state index contributed by atoms with van der Waals surface area (Å²) in [4.78, 5) is 12.5. The van der Waals surface area contributed by atoms with Gasteiger partial charge in [0.25, 0.3) is 5.91 Å². The lowest BCUT2D eigenvalue weighted by Gasteiger charge is -2.35. The fourth-order valence-electron chi connectivity index (χ4n) is 3.73. The van der Waals surface area contributed by atoms with Crippen molar-refractivity contribution in [2.45, 2.75) is 45.3 Å². The van der Waals surface area contributed by atoms with Crippen LogP contribution in [0.5, 0.6) is 0 Å². The van der Waals surface area contributed by atoms with Crippen LogP contribution in [0.2, 0.25) is 0 Å². The second-order valence-electron chi connectivity index (χ2n) is 7.42. The number of amides is 1. The monoisotopic (exact) mass is 380 g/mol. The van der Waals surface area contributed by atoms with E-state index in [0.29, 0.717) is 11.4 Å². The van der Waals surface area contributed by atoms with Crippen LogP contribution in [0.4, 0.5) is 0 Å². The third-order valence-corrected chi connectivity index (χ3v) is 5.36. The van der Waals surface area contributed by atoms with Crippen molar-refractivity contribution in [3.8, 4) is 5.69 Å². The van der Waals surface area contributed by atoms with E-state index >= 15 is 0 Å². The highest BCUT2D eigenvalue weighted by Crippen LogP contribution is 2.36. The van der Waals surface area contributed by atoms with Gasteiger partial charge in [-0.2, -0.15) is 5.10 Å². The summed E-state index contributed by atoms with van der Waals surface area (Å²) >= 11 is 0. The Morgan fingerprint density at radius 2 is 1.93 bits per heavy atom. The zero-order chi connectivity index (χ0) is 19.8. The number of rotatable bonds is 5. The molecule has 3 aromatic rings. The zero-order valence-corrected chi connectivity index (χ0v) is 16.3. The molecule has 4 rings (SSSR count). The van der Waals surface area contributed by atoms with Crippen molar-refractivity contribution >= 4 is 5.91 Å². The third-order valence-electron chi connectivity index (χ3n) is 5.36. The predicted octanol–water partition coefficient (Wildman–Crippen LogP) is 1.79. The van der Waals surface area contributed by atoms with Gasteiger partial charge in [0.15, 0.2) is 5.82 Å². The van der Waals surface area contributed by atoms with E-state index in [1.807, 2.05) is 60.5 Å². The third kappa shape index (κ3) is 3.31. The number of hydrogen-bond donors (Lipinski definition) is 2. The molecule has 2 N–H and O–H groups in total. The van der Waals surface area contributed by atoms with E-state index in [2.05, 4.69) is 20.6 Å². The molecule has 2 aromatic heterocycles. The molecule has 1 aliphatic carbocycles. The maximum Gasteiger partial charge on any atom is 0.251 e. The second-order valence-corrected chi connectivity index (χ2v) is 7.42. The number of aryl methyl sites for hydroxylation is 2. The molecule has 1 saturated carbocycles. The number of nitrogens with one attached hydrogen (secondary N) is 1. The summed E-state index contributed by atoms with van der Waals surface area (Å²) < 4.78 is 3.70. The molecule has 8 nitrogen and oxygen atoms in total. The van der Waals surface area contributed by atoms with Gasteiger partial charge in [0.2, 0.25) is 0 Å². The maximum absolute atomic E-state index is 12.5. The number of carbonyl (C=O) groups excluding carboxylic acids is 1. The van der Waals surface area contributed by atoms with E-state index in [-0.39, 0.29) is 24.5 Å². The van der Waals surface area contributed by atoms with Crippen molar-refractivity contribution in [3.05, 3.63) is 58.9 Å². The average Bonchev–Trinajstić information content (AvgIpc) is 3.19. The van der Waals surface area contributed by atoms with Crippen LogP contribution in [0.3, 0.4) is 0 Å². The van der Waals surface area contributed by atoms with Crippen LogP contribution in [0.15, 0.2) is 30.3 Å². The van der Waals surface area contributed by atoms with Gasteiger partial charge in [-0.15, -0.1) is 10.2 Å². The standard InChI is InChI=1S/C20H24N6O2/c1-12-8-13(2)26(24-12)17-6-4-14(5-7-17)20(28)21-16-9-15(10-16)19-23-22-18(11-27)25(19)3/h4-8,15-16,27H,9-11H2,1-3H3,(H,21,28). The number of benzene rings is 1. The molecule has 1 fully saturated rings. The molecule has 0 bridgehead atoms. The van der Waals surface area contributed by atoms with Crippen LogP contribution in [0.1, 0.15) is 52.2 Å². The maximum atomic E-state index is 12.5. The summed E-state index contributed by atoms with van der Waals surface area (Å²) in [5.74, 6) is 1.61. The van der Waals surface area contributed by atoms with Gasteiger partial charge >= 0.3 is 0 Å². The van der Waals surface area contributed by atoms with E-state index in [1.54, 1.807) is 0 Å². The number of nitrogens with zero attached hydrogens (tertiary/aromatic N) is 5. The van der Waals surface area contributed by atoms with Crippen molar-refractivity contribution in [3.63, 3.8) is 0 Å². The van der Waals surface area contributed by atoms with Crippen molar-refractivity contribution in [1.29, 1.82) is 0 Å². The van der Waals surface area contributed by atoms with E-state index in [4.69, 9.17) is 0 Å². The minimum Gasteiger partial charge on any atom is -0.388 e. The molecular weight excluding hydrogens is 356 g/mol. The molecule has 0 radical (unpaired) electrons. The van der Waals surface area contributed by atoms with Crippen molar-refractivity contribution in [2.24, 2.45) is 7.05 Å². The first kappa shape index (κ1) is 18.4. The van der Waals surface area contributed by atoms with Gasteiger partial charge in [-0.3, -0.25) is 4.79 Å². The Labute approximate surface area is 163 Å². The SMILES string of the molecule is Cc1cc(C)n(-c2ccc(C(=O)NC3CC(c4nnc(CO)n4C)C3)cc2)n1. The van der Waals surface area contributed by atoms with Crippen LogP contribution < -0.4 is 5.32 Å². The lowest BCUT2D eigenvalue weighted by Crippen LogP contribution is -2.44. The molecule has 0 unspecified atom stereocenters. The smallest absolute Gasteiger partial charge is 0.251 e. The Morgan fingerprint density at radius 3 is 2.50 bits per heavy atom.